The van der Waals surface area contributed by atoms with Crippen LogP contribution in [0.25, 0.3) is 16.2 Å². The number of fused-ring (bicyclic) bond motifs is 1. The van der Waals surface area contributed by atoms with Gasteiger partial charge >= 0.3 is 0 Å². The van der Waals surface area contributed by atoms with E-state index < -0.39 is 0 Å². The van der Waals surface area contributed by atoms with Gasteiger partial charge in [0.25, 0.3) is 0 Å². The molecular weight excluding hydrogens is 301 g/mol. The minimum atomic E-state index is 0.200. The Hall–Kier alpha value is -1.10. The summed E-state index contributed by atoms with van der Waals surface area (Å²) in [6.45, 7) is 4.06. The van der Waals surface area contributed by atoms with Crippen LogP contribution in [0.2, 0.25) is 10.3 Å². The smallest absolute Gasteiger partial charge is 0.159 e. The summed E-state index contributed by atoms with van der Waals surface area (Å²) in [6, 6.07) is 5.91. The van der Waals surface area contributed by atoms with Gasteiger partial charge in [0, 0.05) is 11.6 Å². The maximum Gasteiger partial charge on any atom is 0.159 e. The Balaban J connectivity index is 2.26. The number of hydrogen-bond donors (Lipinski definition) is 0. The molecule has 0 N–H and O–H groups in total. The highest BCUT2D eigenvalue weighted by atomic mass is 35.5. The monoisotopic (exact) mass is 311 g/mol. The van der Waals surface area contributed by atoms with Crippen LogP contribution in [0.1, 0.15) is 25.3 Å². The second kappa shape index (κ2) is 4.78. The van der Waals surface area contributed by atoms with Crippen molar-refractivity contribution in [3.05, 3.63) is 39.4 Å². The van der Waals surface area contributed by atoms with Gasteiger partial charge in [0.15, 0.2) is 5.65 Å². The third kappa shape index (κ3) is 2.14. The predicted octanol–water partition coefficient (Wildman–Crippen LogP) is 4.89. The minimum absolute atomic E-state index is 0.200. The molecule has 0 aromatic carbocycles. The average Bonchev–Trinajstić information content (AvgIpc) is 2.94. The van der Waals surface area contributed by atoms with Gasteiger partial charge in [0.05, 0.1) is 4.88 Å². The molecule has 0 spiro atoms. The molecule has 3 heterocycles. The van der Waals surface area contributed by atoms with Crippen LogP contribution >= 0.6 is 34.5 Å². The minimum Gasteiger partial charge on any atom is -0.216 e. The second-order valence-corrected chi connectivity index (χ2v) is 6.20. The zero-order valence-electron chi connectivity index (χ0n) is 10.4. The maximum atomic E-state index is 6.40. The van der Waals surface area contributed by atoms with Crippen molar-refractivity contribution in [2.24, 2.45) is 0 Å². The molecule has 0 amide bonds. The Labute approximate surface area is 124 Å². The molecule has 0 fully saturated rings. The van der Waals surface area contributed by atoms with E-state index in [4.69, 9.17) is 23.2 Å². The van der Waals surface area contributed by atoms with Crippen molar-refractivity contribution in [3.63, 3.8) is 0 Å². The Morgan fingerprint density at radius 2 is 2.11 bits per heavy atom. The van der Waals surface area contributed by atoms with Gasteiger partial charge < -0.3 is 0 Å². The predicted molar refractivity (Wildman–Crippen MR) is 80.4 cm³/mol. The first-order valence-electron chi connectivity index (χ1n) is 5.86. The fourth-order valence-corrected chi connectivity index (χ4v) is 3.53. The number of aromatic nitrogens is 3. The molecule has 3 aromatic heterocycles. The van der Waals surface area contributed by atoms with E-state index in [0.29, 0.717) is 16.0 Å². The molecule has 3 aromatic rings. The van der Waals surface area contributed by atoms with E-state index in [0.717, 1.165) is 16.1 Å². The van der Waals surface area contributed by atoms with Gasteiger partial charge in [-0.1, -0.05) is 43.1 Å². The first-order valence-corrected chi connectivity index (χ1v) is 7.50. The number of rotatable bonds is 2. The molecule has 0 radical (unpaired) electrons. The van der Waals surface area contributed by atoms with E-state index in [2.05, 4.69) is 10.1 Å². The lowest BCUT2D eigenvalue weighted by Gasteiger charge is -2.10. The summed E-state index contributed by atoms with van der Waals surface area (Å²) in [5.41, 5.74) is 2.36. The van der Waals surface area contributed by atoms with Crippen molar-refractivity contribution in [2.75, 3.05) is 0 Å². The summed E-state index contributed by atoms with van der Waals surface area (Å²) in [4.78, 5) is 5.46. The fourth-order valence-electron chi connectivity index (χ4n) is 1.98. The van der Waals surface area contributed by atoms with Gasteiger partial charge in [-0.25, -0.2) is 9.50 Å². The molecule has 3 nitrogen and oxygen atoms in total. The molecular formula is C13H11Cl2N3S. The number of thiophene rings is 1. The summed E-state index contributed by atoms with van der Waals surface area (Å²) in [5, 5.41) is 7.51. The fraction of sp³-hybridized carbons (Fsp3) is 0.231. The van der Waals surface area contributed by atoms with E-state index in [-0.39, 0.29) is 5.92 Å². The molecule has 0 saturated carbocycles. The summed E-state index contributed by atoms with van der Waals surface area (Å²) in [6.07, 6.45) is 0. The number of hydrogen-bond acceptors (Lipinski definition) is 3. The third-order valence-corrected chi connectivity index (χ3v) is 4.43. The van der Waals surface area contributed by atoms with Crippen LogP contribution in [0.3, 0.4) is 0 Å². The summed E-state index contributed by atoms with van der Waals surface area (Å²) < 4.78 is 1.65. The standard InChI is InChI=1S/C13H11Cl2N3S/c1-7(2)11-12(14)16-10-6-8(9-4-3-5-19-9)17-18(10)13(11)15/h3-7H,1-2H3. The maximum absolute atomic E-state index is 6.40. The molecule has 6 heteroatoms. The van der Waals surface area contributed by atoms with E-state index in [1.807, 2.05) is 37.4 Å². The Bertz CT molecular complexity index is 732. The number of nitrogens with zero attached hydrogens (tertiary/aromatic N) is 3. The third-order valence-electron chi connectivity index (χ3n) is 2.88. The van der Waals surface area contributed by atoms with Crippen molar-refractivity contribution >= 4 is 40.2 Å². The first-order chi connectivity index (χ1) is 9.08. The molecule has 0 atom stereocenters. The Morgan fingerprint density at radius 1 is 1.32 bits per heavy atom. The average molecular weight is 312 g/mol. The normalized spacial score (nSPS) is 11.6. The molecule has 0 unspecified atom stereocenters. The Kier molecular flexibility index (Phi) is 3.25. The van der Waals surface area contributed by atoms with Gasteiger partial charge in [-0.2, -0.15) is 5.10 Å². The zero-order valence-corrected chi connectivity index (χ0v) is 12.7. The van der Waals surface area contributed by atoms with Crippen molar-refractivity contribution < 1.29 is 0 Å². The van der Waals surface area contributed by atoms with Crippen molar-refractivity contribution in [3.8, 4) is 10.6 Å². The van der Waals surface area contributed by atoms with Crippen LogP contribution in [0, 0.1) is 0 Å². The highest BCUT2D eigenvalue weighted by Crippen LogP contribution is 2.32. The molecule has 0 aliphatic carbocycles. The quantitative estimate of drug-likeness (QED) is 0.631. The van der Waals surface area contributed by atoms with Crippen molar-refractivity contribution in [1.82, 2.24) is 14.6 Å². The van der Waals surface area contributed by atoms with Crippen LogP contribution < -0.4 is 0 Å². The molecule has 0 saturated heterocycles. The molecule has 98 valence electrons. The van der Waals surface area contributed by atoms with E-state index in [1.165, 1.54) is 0 Å². The van der Waals surface area contributed by atoms with Crippen LogP contribution in [-0.4, -0.2) is 14.6 Å². The highest BCUT2D eigenvalue weighted by Gasteiger charge is 2.17. The molecule has 19 heavy (non-hydrogen) atoms. The summed E-state index contributed by atoms with van der Waals surface area (Å²) in [7, 11) is 0. The lowest BCUT2D eigenvalue weighted by Crippen LogP contribution is -2.01. The van der Waals surface area contributed by atoms with Crippen molar-refractivity contribution in [2.45, 2.75) is 19.8 Å². The molecule has 0 aliphatic rings. The lowest BCUT2D eigenvalue weighted by molar-refractivity contribution is 0.823. The molecule has 0 bridgehead atoms. The topological polar surface area (TPSA) is 30.2 Å². The highest BCUT2D eigenvalue weighted by molar-refractivity contribution is 7.13. The second-order valence-electron chi connectivity index (χ2n) is 4.54. The van der Waals surface area contributed by atoms with Crippen molar-refractivity contribution in [1.29, 1.82) is 0 Å². The molecule has 3 rings (SSSR count). The SMILES string of the molecule is CC(C)c1c(Cl)nc2cc(-c3cccs3)nn2c1Cl. The molecule has 0 aliphatic heterocycles. The van der Waals surface area contributed by atoms with E-state index >= 15 is 0 Å². The van der Waals surface area contributed by atoms with Gasteiger partial charge in [-0.3, -0.25) is 0 Å². The summed E-state index contributed by atoms with van der Waals surface area (Å²) >= 11 is 14.2. The first kappa shape index (κ1) is 12.9. The van der Waals surface area contributed by atoms with Gasteiger partial charge in [0.2, 0.25) is 0 Å². The van der Waals surface area contributed by atoms with Crippen LogP contribution in [0.4, 0.5) is 0 Å². The van der Waals surface area contributed by atoms with Crippen LogP contribution in [-0.2, 0) is 0 Å². The van der Waals surface area contributed by atoms with Gasteiger partial charge in [0.1, 0.15) is 16.0 Å². The van der Waals surface area contributed by atoms with Crippen LogP contribution in [0.5, 0.6) is 0 Å². The largest absolute Gasteiger partial charge is 0.216 e. The lowest BCUT2D eigenvalue weighted by atomic mass is 10.1. The van der Waals surface area contributed by atoms with E-state index in [1.54, 1.807) is 15.9 Å². The van der Waals surface area contributed by atoms with E-state index in [9.17, 15) is 0 Å². The zero-order chi connectivity index (χ0) is 13.6. The number of halogens is 2. The van der Waals surface area contributed by atoms with Gasteiger partial charge in [-0.05, 0) is 17.4 Å². The summed E-state index contributed by atoms with van der Waals surface area (Å²) in [5.74, 6) is 0.200. The van der Waals surface area contributed by atoms with Gasteiger partial charge in [-0.15, -0.1) is 11.3 Å². The van der Waals surface area contributed by atoms with Crippen LogP contribution in [0.15, 0.2) is 23.6 Å². The Morgan fingerprint density at radius 3 is 2.74 bits per heavy atom.